The van der Waals surface area contributed by atoms with Gasteiger partial charge in [-0.05, 0) is 48.6 Å². The average Bonchev–Trinajstić information content (AvgIpc) is 2.95. The van der Waals surface area contributed by atoms with Crippen LogP contribution in [0.5, 0.6) is 0 Å². The summed E-state index contributed by atoms with van der Waals surface area (Å²) in [4.78, 5) is 0. The lowest BCUT2D eigenvalue weighted by molar-refractivity contribution is 0.557. The van der Waals surface area contributed by atoms with Crippen LogP contribution in [-0.2, 0) is 6.42 Å². The minimum atomic E-state index is 0.814. The molecule has 1 aliphatic rings. The van der Waals surface area contributed by atoms with Gasteiger partial charge in [0.1, 0.15) is 0 Å². The molecule has 0 nitrogen and oxygen atoms in total. The molecule has 0 radical (unpaired) electrons. The number of hydrogen-bond donors (Lipinski definition) is 0. The van der Waals surface area contributed by atoms with E-state index in [0.29, 0.717) is 0 Å². The summed E-state index contributed by atoms with van der Waals surface area (Å²) in [6.45, 7) is 9.24. The van der Waals surface area contributed by atoms with Gasteiger partial charge in [0.15, 0.2) is 0 Å². The molecule has 3 unspecified atom stereocenters. The predicted octanol–water partition coefficient (Wildman–Crippen LogP) is 4.71. The number of hydrogen-bond acceptors (Lipinski definition) is 0. The van der Waals surface area contributed by atoms with Gasteiger partial charge in [0, 0.05) is 0 Å². The Bertz CT molecular complexity index is 364. The maximum Gasteiger partial charge on any atom is -0.0131 e. The van der Waals surface area contributed by atoms with Gasteiger partial charge in [0.05, 0.1) is 0 Å². The quantitative estimate of drug-likeness (QED) is 0.684. The fourth-order valence-electron chi connectivity index (χ4n) is 2.55. The molecule has 3 atom stereocenters. The monoisotopic (exact) mass is 216 g/mol. The van der Waals surface area contributed by atoms with Gasteiger partial charge in [0.2, 0.25) is 0 Å². The first-order chi connectivity index (χ1) is 7.61. The second kappa shape index (κ2) is 4.61. The second-order valence-corrected chi connectivity index (χ2v) is 5.74. The molecule has 0 saturated heterocycles. The van der Waals surface area contributed by atoms with Crippen LogP contribution in [-0.4, -0.2) is 0 Å². The van der Waals surface area contributed by atoms with Gasteiger partial charge in [0.25, 0.3) is 0 Å². The van der Waals surface area contributed by atoms with E-state index in [1.54, 1.807) is 11.1 Å². The third kappa shape index (κ3) is 2.48. The van der Waals surface area contributed by atoms with Crippen LogP contribution in [0.25, 0.3) is 0 Å². The lowest BCUT2D eigenvalue weighted by Crippen LogP contribution is -2.02. The smallest absolute Gasteiger partial charge is 0.0131 e. The van der Waals surface area contributed by atoms with Gasteiger partial charge in [-0.2, -0.15) is 0 Å². The van der Waals surface area contributed by atoms with Crippen molar-refractivity contribution in [2.75, 3.05) is 0 Å². The third-order valence-electron chi connectivity index (χ3n) is 4.07. The molecule has 1 aromatic rings. The van der Waals surface area contributed by atoms with Crippen LogP contribution in [0.2, 0.25) is 0 Å². The Balaban J connectivity index is 2.22. The first kappa shape index (κ1) is 11.7. The number of aryl methyl sites for hydroxylation is 1. The molecule has 0 heterocycles. The van der Waals surface area contributed by atoms with Crippen LogP contribution in [0.15, 0.2) is 18.2 Å². The highest BCUT2D eigenvalue weighted by Crippen LogP contribution is 2.48. The SMILES string of the molecule is CCC(C)Cc1cc(C)ccc1C1CC1C. The maximum absolute atomic E-state index is 2.41. The van der Waals surface area contributed by atoms with Gasteiger partial charge in [-0.15, -0.1) is 0 Å². The standard InChI is InChI=1S/C16H24/c1-5-11(2)8-14-9-12(3)6-7-15(14)16-10-13(16)4/h6-7,9,11,13,16H,5,8,10H2,1-4H3. The van der Waals surface area contributed by atoms with Gasteiger partial charge in [-0.25, -0.2) is 0 Å². The molecule has 0 bridgehead atoms. The number of benzene rings is 1. The molecule has 0 aromatic heterocycles. The lowest BCUT2D eigenvalue weighted by atomic mass is 9.91. The van der Waals surface area contributed by atoms with Crippen molar-refractivity contribution >= 4 is 0 Å². The van der Waals surface area contributed by atoms with Crippen LogP contribution in [0.1, 0.15) is 56.2 Å². The lowest BCUT2D eigenvalue weighted by Gasteiger charge is -2.14. The molecule has 1 aromatic carbocycles. The first-order valence-electron chi connectivity index (χ1n) is 6.71. The molecule has 0 aliphatic heterocycles. The van der Waals surface area contributed by atoms with Gasteiger partial charge in [-0.1, -0.05) is 51.0 Å². The minimum absolute atomic E-state index is 0.814. The summed E-state index contributed by atoms with van der Waals surface area (Å²) >= 11 is 0. The normalized spacial score (nSPS) is 25.5. The highest BCUT2D eigenvalue weighted by Gasteiger charge is 2.35. The average molecular weight is 216 g/mol. The van der Waals surface area contributed by atoms with E-state index in [0.717, 1.165) is 17.8 Å². The molecule has 0 spiro atoms. The maximum atomic E-state index is 2.41. The third-order valence-corrected chi connectivity index (χ3v) is 4.07. The van der Waals surface area contributed by atoms with E-state index in [-0.39, 0.29) is 0 Å². The largest absolute Gasteiger partial charge is 0.0651 e. The Morgan fingerprint density at radius 1 is 1.38 bits per heavy atom. The molecule has 1 aliphatic carbocycles. The molecule has 1 saturated carbocycles. The van der Waals surface area contributed by atoms with Crippen LogP contribution in [0.4, 0.5) is 0 Å². The van der Waals surface area contributed by atoms with Gasteiger partial charge >= 0.3 is 0 Å². The highest BCUT2D eigenvalue weighted by atomic mass is 14.4. The van der Waals surface area contributed by atoms with Crippen LogP contribution in [0.3, 0.4) is 0 Å². The van der Waals surface area contributed by atoms with E-state index in [1.165, 1.54) is 24.8 Å². The summed E-state index contributed by atoms with van der Waals surface area (Å²) in [5.41, 5.74) is 4.66. The van der Waals surface area contributed by atoms with Gasteiger partial charge < -0.3 is 0 Å². The summed E-state index contributed by atoms with van der Waals surface area (Å²) in [5.74, 6) is 2.59. The number of rotatable bonds is 4. The van der Waals surface area contributed by atoms with Crippen molar-refractivity contribution in [3.8, 4) is 0 Å². The zero-order chi connectivity index (χ0) is 11.7. The van der Waals surface area contributed by atoms with Gasteiger partial charge in [-0.3, -0.25) is 0 Å². The fourth-order valence-corrected chi connectivity index (χ4v) is 2.55. The van der Waals surface area contributed by atoms with Crippen LogP contribution >= 0.6 is 0 Å². The fraction of sp³-hybridized carbons (Fsp3) is 0.625. The Kier molecular flexibility index (Phi) is 3.37. The van der Waals surface area contributed by atoms with Crippen molar-refractivity contribution in [3.63, 3.8) is 0 Å². The van der Waals surface area contributed by atoms with E-state index >= 15 is 0 Å². The van der Waals surface area contributed by atoms with Crippen molar-refractivity contribution in [2.45, 2.75) is 52.9 Å². The predicted molar refractivity (Wildman–Crippen MR) is 70.9 cm³/mol. The molecule has 2 rings (SSSR count). The van der Waals surface area contributed by atoms with E-state index in [4.69, 9.17) is 0 Å². The first-order valence-corrected chi connectivity index (χ1v) is 6.71. The molecule has 0 heteroatoms. The minimum Gasteiger partial charge on any atom is -0.0651 e. The van der Waals surface area contributed by atoms with Crippen molar-refractivity contribution < 1.29 is 0 Å². The van der Waals surface area contributed by atoms with E-state index in [1.807, 2.05) is 0 Å². The Labute approximate surface area is 100 Å². The molecule has 88 valence electrons. The molecule has 1 fully saturated rings. The Morgan fingerprint density at radius 2 is 2.06 bits per heavy atom. The highest BCUT2D eigenvalue weighted by molar-refractivity contribution is 5.37. The van der Waals surface area contributed by atoms with Crippen LogP contribution < -0.4 is 0 Å². The zero-order valence-corrected chi connectivity index (χ0v) is 11.1. The molecular formula is C16H24. The summed E-state index contributed by atoms with van der Waals surface area (Å²) < 4.78 is 0. The Morgan fingerprint density at radius 3 is 2.62 bits per heavy atom. The van der Waals surface area contributed by atoms with Crippen molar-refractivity contribution in [2.24, 2.45) is 11.8 Å². The molecular weight excluding hydrogens is 192 g/mol. The second-order valence-electron chi connectivity index (χ2n) is 5.74. The molecule has 0 N–H and O–H groups in total. The summed E-state index contributed by atoms with van der Waals surface area (Å²) in [6, 6.07) is 7.06. The summed E-state index contributed by atoms with van der Waals surface area (Å²) in [6.07, 6.45) is 3.95. The molecule has 0 amide bonds. The summed E-state index contributed by atoms with van der Waals surface area (Å²) in [7, 11) is 0. The topological polar surface area (TPSA) is 0 Å². The molecule has 16 heavy (non-hydrogen) atoms. The van der Waals surface area contributed by atoms with Crippen LogP contribution in [0, 0.1) is 18.8 Å². The van der Waals surface area contributed by atoms with E-state index in [2.05, 4.69) is 45.9 Å². The zero-order valence-electron chi connectivity index (χ0n) is 11.1. The summed E-state index contributed by atoms with van der Waals surface area (Å²) in [5, 5.41) is 0. The van der Waals surface area contributed by atoms with Crippen molar-refractivity contribution in [3.05, 3.63) is 34.9 Å². The van der Waals surface area contributed by atoms with Crippen molar-refractivity contribution in [1.29, 1.82) is 0 Å². The van der Waals surface area contributed by atoms with E-state index in [9.17, 15) is 0 Å². The van der Waals surface area contributed by atoms with Crippen molar-refractivity contribution in [1.82, 2.24) is 0 Å². The Hall–Kier alpha value is -0.780. The van der Waals surface area contributed by atoms with E-state index < -0.39 is 0 Å².